The Labute approximate surface area is 142 Å². The first-order chi connectivity index (χ1) is 11.2. The second-order valence-electron chi connectivity index (χ2n) is 5.32. The first-order valence-electron chi connectivity index (χ1n) is 7.60. The number of hydrogen-bond donors (Lipinski definition) is 0. The summed E-state index contributed by atoms with van der Waals surface area (Å²) in [5.41, 5.74) is 0.745. The number of hydrogen-bond acceptors (Lipinski definition) is 2. The Hall–Kier alpha value is -2.14. The van der Waals surface area contributed by atoms with Gasteiger partial charge in [0.1, 0.15) is 0 Å². The van der Waals surface area contributed by atoms with Gasteiger partial charge in [0.25, 0.3) is 5.56 Å². The number of aryl methyl sites for hydroxylation is 1. The van der Waals surface area contributed by atoms with Crippen molar-refractivity contribution in [1.29, 1.82) is 0 Å². The van der Waals surface area contributed by atoms with Gasteiger partial charge >= 0.3 is 5.69 Å². The van der Waals surface area contributed by atoms with Crippen LogP contribution in [0, 0.1) is 0 Å². The molecule has 1 heterocycles. The number of aromatic nitrogens is 2. The molecule has 0 radical (unpaired) electrons. The molecule has 3 rings (SSSR count). The molecule has 0 atom stereocenters. The molecule has 0 fully saturated rings. The molecule has 0 aliphatic carbocycles. The highest BCUT2D eigenvalue weighted by atomic mass is 79.9. The van der Waals surface area contributed by atoms with E-state index >= 15 is 0 Å². The number of unbranched alkanes of at least 4 members (excludes halogenated alkanes) is 1. The summed E-state index contributed by atoms with van der Waals surface area (Å²) in [7, 11) is 0. The van der Waals surface area contributed by atoms with E-state index in [1.54, 1.807) is 22.8 Å². The van der Waals surface area contributed by atoms with Gasteiger partial charge in [-0.2, -0.15) is 0 Å². The Morgan fingerprint density at radius 3 is 2.30 bits per heavy atom. The average Bonchev–Trinajstić information content (AvgIpc) is 2.59. The zero-order chi connectivity index (χ0) is 16.2. The predicted octanol–water partition coefficient (Wildman–Crippen LogP) is 3.33. The zero-order valence-corrected chi connectivity index (χ0v) is 14.2. The van der Waals surface area contributed by atoms with Crippen LogP contribution in [-0.2, 0) is 6.54 Å². The van der Waals surface area contributed by atoms with Crippen LogP contribution in [0.15, 0.2) is 64.2 Å². The molecule has 0 amide bonds. The lowest BCUT2D eigenvalue weighted by Gasteiger charge is -2.14. The number of para-hydroxylation sites is 2. The van der Waals surface area contributed by atoms with Crippen molar-refractivity contribution < 1.29 is 0 Å². The van der Waals surface area contributed by atoms with E-state index in [2.05, 4.69) is 15.9 Å². The molecule has 5 heteroatoms. The number of benzene rings is 2. The maximum atomic E-state index is 12.9. The maximum absolute atomic E-state index is 12.9. The summed E-state index contributed by atoms with van der Waals surface area (Å²) in [5.74, 6) is 0. The second-order valence-corrected chi connectivity index (χ2v) is 6.12. The molecule has 0 bridgehead atoms. The molecular weight excluding hydrogens is 356 g/mol. The highest BCUT2D eigenvalue weighted by Crippen LogP contribution is 2.11. The van der Waals surface area contributed by atoms with Crippen molar-refractivity contribution in [2.24, 2.45) is 0 Å². The van der Waals surface area contributed by atoms with Crippen LogP contribution in [0.2, 0.25) is 0 Å². The topological polar surface area (TPSA) is 44.0 Å². The van der Waals surface area contributed by atoms with Crippen molar-refractivity contribution in [2.45, 2.75) is 19.4 Å². The Balaban J connectivity index is 2.29. The van der Waals surface area contributed by atoms with Crippen molar-refractivity contribution in [1.82, 2.24) is 9.13 Å². The third-order valence-electron chi connectivity index (χ3n) is 3.83. The molecular formula is C18H17BrN2O2. The van der Waals surface area contributed by atoms with Gasteiger partial charge in [-0.25, -0.2) is 9.36 Å². The van der Waals surface area contributed by atoms with Gasteiger partial charge in [-0.05, 0) is 37.1 Å². The van der Waals surface area contributed by atoms with Crippen LogP contribution >= 0.6 is 15.9 Å². The van der Waals surface area contributed by atoms with Crippen molar-refractivity contribution >= 4 is 26.8 Å². The minimum absolute atomic E-state index is 0.270. The molecule has 118 valence electrons. The molecule has 0 saturated heterocycles. The van der Waals surface area contributed by atoms with Crippen LogP contribution < -0.4 is 11.2 Å². The summed E-state index contributed by atoms with van der Waals surface area (Å²) < 4.78 is 2.96. The first kappa shape index (κ1) is 15.7. The quantitative estimate of drug-likeness (QED) is 0.509. The number of halogens is 1. The van der Waals surface area contributed by atoms with Gasteiger partial charge in [0.2, 0.25) is 0 Å². The van der Waals surface area contributed by atoms with Crippen LogP contribution in [0.25, 0.3) is 16.6 Å². The van der Waals surface area contributed by atoms with Gasteiger partial charge in [0, 0.05) is 11.9 Å². The van der Waals surface area contributed by atoms with Crippen molar-refractivity contribution in [2.75, 3.05) is 5.33 Å². The molecule has 2 aromatic carbocycles. The summed E-state index contributed by atoms with van der Waals surface area (Å²) in [6.45, 7) is 0.595. The Morgan fingerprint density at radius 1 is 0.870 bits per heavy atom. The number of fused-ring (bicyclic) bond motifs is 1. The van der Waals surface area contributed by atoms with Crippen LogP contribution in [0.1, 0.15) is 12.8 Å². The number of alkyl halides is 1. The molecule has 0 saturated carbocycles. The number of rotatable bonds is 5. The summed E-state index contributed by atoms with van der Waals surface area (Å²) in [4.78, 5) is 25.7. The molecule has 1 aromatic heterocycles. The maximum Gasteiger partial charge on any atom is 0.336 e. The third kappa shape index (κ3) is 3.01. The monoisotopic (exact) mass is 372 g/mol. The fourth-order valence-electron chi connectivity index (χ4n) is 2.71. The Morgan fingerprint density at radius 2 is 1.57 bits per heavy atom. The molecule has 23 heavy (non-hydrogen) atoms. The third-order valence-corrected chi connectivity index (χ3v) is 4.39. The molecule has 0 aliphatic heterocycles. The fourth-order valence-corrected chi connectivity index (χ4v) is 3.10. The standard InChI is InChI=1S/C18H17BrN2O2/c19-12-6-7-13-20-16-11-5-4-10-15(16)17(22)21(18(20)23)14-8-2-1-3-9-14/h1-5,8-11H,6-7,12-13H2. The SMILES string of the molecule is O=c1c2ccccc2n(CCCCBr)c(=O)n1-c1ccccc1. The lowest BCUT2D eigenvalue weighted by molar-refractivity contribution is 0.606. The van der Waals surface area contributed by atoms with Gasteiger partial charge in [0.05, 0.1) is 16.6 Å². The molecule has 0 spiro atoms. The van der Waals surface area contributed by atoms with Crippen molar-refractivity contribution in [3.05, 3.63) is 75.4 Å². The van der Waals surface area contributed by atoms with Gasteiger partial charge < -0.3 is 0 Å². The van der Waals surface area contributed by atoms with E-state index < -0.39 is 0 Å². The van der Waals surface area contributed by atoms with Gasteiger partial charge in [-0.1, -0.05) is 46.3 Å². The van der Waals surface area contributed by atoms with E-state index in [9.17, 15) is 9.59 Å². The molecule has 0 N–H and O–H groups in total. The van der Waals surface area contributed by atoms with Gasteiger partial charge in [0.15, 0.2) is 0 Å². The van der Waals surface area contributed by atoms with E-state index in [4.69, 9.17) is 0 Å². The van der Waals surface area contributed by atoms with Crippen LogP contribution in [0.4, 0.5) is 0 Å². The van der Waals surface area contributed by atoms with Crippen LogP contribution in [0.3, 0.4) is 0 Å². The van der Waals surface area contributed by atoms with E-state index in [0.717, 1.165) is 18.2 Å². The van der Waals surface area contributed by atoms with Gasteiger partial charge in [-0.3, -0.25) is 9.36 Å². The summed E-state index contributed by atoms with van der Waals surface area (Å²) in [5, 5.41) is 1.47. The van der Waals surface area contributed by atoms with E-state index in [1.165, 1.54) is 4.57 Å². The molecule has 0 unspecified atom stereocenters. The largest absolute Gasteiger partial charge is 0.336 e. The summed E-state index contributed by atoms with van der Waals surface area (Å²) >= 11 is 3.41. The summed E-state index contributed by atoms with van der Waals surface area (Å²) in [6.07, 6.45) is 1.85. The minimum Gasteiger partial charge on any atom is -0.293 e. The molecule has 3 aromatic rings. The smallest absolute Gasteiger partial charge is 0.293 e. The minimum atomic E-state index is -0.283. The highest BCUT2D eigenvalue weighted by molar-refractivity contribution is 9.09. The highest BCUT2D eigenvalue weighted by Gasteiger charge is 2.13. The zero-order valence-electron chi connectivity index (χ0n) is 12.6. The molecule has 4 nitrogen and oxygen atoms in total. The average molecular weight is 373 g/mol. The van der Waals surface area contributed by atoms with Crippen molar-refractivity contribution in [3.8, 4) is 5.69 Å². The van der Waals surface area contributed by atoms with Gasteiger partial charge in [-0.15, -0.1) is 0 Å². The number of nitrogens with zero attached hydrogens (tertiary/aromatic N) is 2. The first-order valence-corrected chi connectivity index (χ1v) is 8.72. The lowest BCUT2D eigenvalue weighted by Crippen LogP contribution is -2.39. The van der Waals surface area contributed by atoms with E-state index in [0.29, 0.717) is 23.1 Å². The molecule has 0 aliphatic rings. The predicted molar refractivity (Wildman–Crippen MR) is 96.8 cm³/mol. The normalized spacial score (nSPS) is 11.0. The fraction of sp³-hybridized carbons (Fsp3) is 0.222. The van der Waals surface area contributed by atoms with Crippen LogP contribution in [0.5, 0.6) is 0 Å². The van der Waals surface area contributed by atoms with E-state index in [1.807, 2.05) is 36.4 Å². The Bertz CT molecular complexity index is 929. The second kappa shape index (κ2) is 6.96. The van der Waals surface area contributed by atoms with Crippen LogP contribution in [-0.4, -0.2) is 14.5 Å². The van der Waals surface area contributed by atoms with Crippen molar-refractivity contribution in [3.63, 3.8) is 0 Å². The lowest BCUT2D eigenvalue weighted by atomic mass is 10.2. The van der Waals surface area contributed by atoms with E-state index in [-0.39, 0.29) is 11.2 Å². The summed E-state index contributed by atoms with van der Waals surface area (Å²) in [6, 6.07) is 16.4. The Kier molecular flexibility index (Phi) is 4.76.